The van der Waals surface area contributed by atoms with Crippen LogP contribution in [0.15, 0.2) is 36.4 Å². The van der Waals surface area contributed by atoms with Crippen LogP contribution < -0.4 is 15.4 Å². The van der Waals surface area contributed by atoms with Gasteiger partial charge in [0, 0.05) is 27.9 Å². The predicted molar refractivity (Wildman–Crippen MR) is 115 cm³/mol. The number of ether oxygens (including phenoxy) is 1. The molecule has 0 unspecified atom stereocenters. The molecule has 3 aromatic rings. The maximum Gasteiger partial charge on any atom is 0.269 e. The first-order chi connectivity index (χ1) is 13.3. The highest BCUT2D eigenvalue weighted by Crippen LogP contribution is 2.37. The summed E-state index contributed by atoms with van der Waals surface area (Å²) in [6, 6.07) is 9.68. The van der Waals surface area contributed by atoms with E-state index in [0.717, 1.165) is 10.1 Å². The number of thiocarbonyl (C=S) groups is 1. The maximum absolute atomic E-state index is 12.6. The molecule has 0 aliphatic heterocycles. The maximum atomic E-state index is 12.6. The Labute approximate surface area is 174 Å². The van der Waals surface area contributed by atoms with E-state index >= 15 is 0 Å². The third kappa shape index (κ3) is 4.06. The second-order valence-electron chi connectivity index (χ2n) is 5.77. The summed E-state index contributed by atoms with van der Waals surface area (Å²) in [5, 5.41) is 17.4. The second kappa shape index (κ2) is 8.09. The average molecular weight is 436 g/mol. The van der Waals surface area contributed by atoms with Gasteiger partial charge < -0.3 is 10.1 Å². The number of aryl methyl sites for hydroxylation is 1. The summed E-state index contributed by atoms with van der Waals surface area (Å²) in [5.74, 6) is 0.227. The Hall–Kier alpha value is -2.75. The zero-order valence-electron chi connectivity index (χ0n) is 14.7. The highest BCUT2D eigenvalue weighted by Gasteiger charge is 2.19. The summed E-state index contributed by atoms with van der Waals surface area (Å²) in [7, 11) is 1.56. The van der Waals surface area contributed by atoms with Crippen LogP contribution in [0.2, 0.25) is 5.02 Å². The van der Waals surface area contributed by atoms with Crippen molar-refractivity contribution >= 4 is 67.6 Å². The first-order valence-electron chi connectivity index (χ1n) is 7.93. The van der Waals surface area contributed by atoms with E-state index in [9.17, 15) is 14.9 Å². The molecule has 0 spiro atoms. The van der Waals surface area contributed by atoms with Crippen molar-refractivity contribution in [2.24, 2.45) is 0 Å². The van der Waals surface area contributed by atoms with Gasteiger partial charge in [-0.2, -0.15) is 0 Å². The molecule has 7 nitrogen and oxygen atoms in total. The number of fused-ring (bicyclic) bond motifs is 1. The molecule has 0 fully saturated rings. The second-order valence-corrected chi connectivity index (χ2v) is 7.61. The van der Waals surface area contributed by atoms with Crippen molar-refractivity contribution in [1.29, 1.82) is 0 Å². The van der Waals surface area contributed by atoms with Crippen LogP contribution in [0.1, 0.15) is 15.2 Å². The summed E-state index contributed by atoms with van der Waals surface area (Å²) in [5.41, 5.74) is 1.16. The number of non-ortho nitro benzene ring substituents is 1. The monoisotopic (exact) mass is 435 g/mol. The van der Waals surface area contributed by atoms with E-state index in [1.54, 1.807) is 32.2 Å². The smallest absolute Gasteiger partial charge is 0.269 e. The van der Waals surface area contributed by atoms with E-state index in [0.29, 0.717) is 26.9 Å². The summed E-state index contributed by atoms with van der Waals surface area (Å²) < 4.78 is 6.01. The van der Waals surface area contributed by atoms with Gasteiger partial charge in [-0.1, -0.05) is 11.6 Å². The molecule has 144 valence electrons. The number of nitro groups is 1. The van der Waals surface area contributed by atoms with Crippen molar-refractivity contribution < 1.29 is 14.5 Å². The zero-order valence-corrected chi connectivity index (χ0v) is 17.1. The Morgan fingerprint density at radius 1 is 1.29 bits per heavy atom. The fourth-order valence-electron chi connectivity index (χ4n) is 2.53. The minimum absolute atomic E-state index is 0.0227. The van der Waals surface area contributed by atoms with Crippen LogP contribution in [0.25, 0.3) is 10.1 Å². The van der Waals surface area contributed by atoms with E-state index in [1.807, 2.05) is 0 Å². The third-order valence-electron chi connectivity index (χ3n) is 3.94. The fraction of sp³-hybridized carbons (Fsp3) is 0.111. The molecule has 28 heavy (non-hydrogen) atoms. The van der Waals surface area contributed by atoms with Crippen molar-refractivity contribution in [3.05, 3.63) is 62.0 Å². The molecule has 0 aliphatic carbocycles. The minimum Gasteiger partial charge on any atom is -0.497 e. The van der Waals surface area contributed by atoms with Crippen LogP contribution in [0.3, 0.4) is 0 Å². The molecule has 1 heterocycles. The molecule has 0 bridgehead atoms. The van der Waals surface area contributed by atoms with Crippen molar-refractivity contribution in [3.8, 4) is 5.75 Å². The van der Waals surface area contributed by atoms with Crippen molar-refractivity contribution in [2.75, 3.05) is 12.4 Å². The van der Waals surface area contributed by atoms with Gasteiger partial charge in [-0.05, 0) is 49.0 Å². The molecule has 2 aromatic carbocycles. The van der Waals surface area contributed by atoms with Crippen LogP contribution in [-0.4, -0.2) is 23.1 Å². The number of thiophene rings is 1. The number of benzene rings is 2. The predicted octanol–water partition coefficient (Wildman–Crippen LogP) is 4.91. The number of amides is 1. The Balaban J connectivity index is 1.76. The van der Waals surface area contributed by atoms with Gasteiger partial charge in [-0.15, -0.1) is 11.3 Å². The largest absolute Gasteiger partial charge is 0.497 e. The molecule has 2 N–H and O–H groups in total. The highest BCUT2D eigenvalue weighted by atomic mass is 35.5. The van der Waals surface area contributed by atoms with Crippen LogP contribution in [0.5, 0.6) is 5.75 Å². The van der Waals surface area contributed by atoms with E-state index in [-0.39, 0.29) is 10.8 Å². The third-order valence-corrected chi connectivity index (χ3v) is 5.80. The van der Waals surface area contributed by atoms with Gasteiger partial charge in [-0.25, -0.2) is 0 Å². The van der Waals surface area contributed by atoms with Gasteiger partial charge in [0.05, 0.1) is 17.1 Å². The lowest BCUT2D eigenvalue weighted by Gasteiger charge is -2.11. The van der Waals surface area contributed by atoms with Gasteiger partial charge >= 0.3 is 0 Å². The van der Waals surface area contributed by atoms with Gasteiger partial charge in [0.2, 0.25) is 0 Å². The van der Waals surface area contributed by atoms with Crippen LogP contribution >= 0.6 is 35.2 Å². The van der Waals surface area contributed by atoms with E-state index in [1.165, 1.54) is 29.5 Å². The molecule has 0 radical (unpaired) electrons. The Kier molecular flexibility index (Phi) is 5.78. The normalized spacial score (nSPS) is 10.5. The van der Waals surface area contributed by atoms with E-state index in [2.05, 4.69) is 10.6 Å². The first kappa shape index (κ1) is 20.0. The number of halogens is 1. The number of nitro benzene ring substituents is 1. The highest BCUT2D eigenvalue weighted by molar-refractivity contribution is 7.80. The molecular weight excluding hydrogens is 422 g/mol. The molecule has 1 aromatic heterocycles. The zero-order chi connectivity index (χ0) is 20.4. The molecule has 10 heteroatoms. The summed E-state index contributed by atoms with van der Waals surface area (Å²) in [6.45, 7) is 1.70. The summed E-state index contributed by atoms with van der Waals surface area (Å²) in [4.78, 5) is 23.3. The van der Waals surface area contributed by atoms with Crippen LogP contribution in [-0.2, 0) is 0 Å². The number of anilines is 1. The number of hydrogen-bond acceptors (Lipinski definition) is 6. The Morgan fingerprint density at radius 2 is 2.04 bits per heavy atom. The van der Waals surface area contributed by atoms with Crippen molar-refractivity contribution in [3.63, 3.8) is 0 Å². The first-order valence-corrected chi connectivity index (χ1v) is 9.54. The minimum atomic E-state index is -0.477. The lowest BCUT2D eigenvalue weighted by atomic mass is 10.2. The summed E-state index contributed by atoms with van der Waals surface area (Å²) in [6.07, 6.45) is 0. The molecule has 0 atom stereocenters. The number of nitrogens with one attached hydrogen (secondary N) is 2. The molecule has 0 aliphatic rings. The standard InChI is InChI=1S/C18H14ClN3O4S2/c1-9-7-10(22(24)25)3-6-13(9)20-18(27)21-17(23)16-15(19)12-5-4-11(26-2)8-14(12)28-16/h3-8H,1-2H3,(H2,20,21,23,27). The topological polar surface area (TPSA) is 93.5 Å². The average Bonchev–Trinajstić information content (AvgIpc) is 2.99. The van der Waals surface area contributed by atoms with Crippen LogP contribution in [0, 0.1) is 17.0 Å². The van der Waals surface area contributed by atoms with Gasteiger partial charge in [0.25, 0.3) is 11.6 Å². The van der Waals surface area contributed by atoms with Crippen molar-refractivity contribution in [1.82, 2.24) is 5.32 Å². The Morgan fingerprint density at radius 3 is 2.68 bits per heavy atom. The fourth-order valence-corrected chi connectivity index (χ4v) is 4.18. The van der Waals surface area contributed by atoms with Gasteiger partial charge in [-0.3, -0.25) is 20.2 Å². The molecule has 0 saturated carbocycles. The van der Waals surface area contributed by atoms with Gasteiger partial charge in [0.1, 0.15) is 10.6 Å². The molecular formula is C18H14ClN3O4S2. The number of carbonyl (C=O) groups is 1. The molecule has 3 rings (SSSR count). The number of rotatable bonds is 4. The Bertz CT molecular complexity index is 1110. The molecule has 1 amide bonds. The molecule has 0 saturated heterocycles. The number of carbonyl (C=O) groups excluding carboxylic acids is 1. The quantitative estimate of drug-likeness (QED) is 0.343. The lowest BCUT2D eigenvalue weighted by Crippen LogP contribution is -2.34. The van der Waals surface area contributed by atoms with Crippen molar-refractivity contribution in [2.45, 2.75) is 6.92 Å². The SMILES string of the molecule is COc1ccc2c(Cl)c(C(=O)NC(=S)Nc3ccc([N+](=O)[O-])cc3C)sc2c1. The van der Waals surface area contributed by atoms with E-state index < -0.39 is 10.8 Å². The summed E-state index contributed by atoms with van der Waals surface area (Å²) >= 11 is 12.8. The van der Waals surface area contributed by atoms with E-state index in [4.69, 9.17) is 28.6 Å². The van der Waals surface area contributed by atoms with Crippen LogP contribution in [0.4, 0.5) is 11.4 Å². The number of methoxy groups -OCH3 is 1. The lowest BCUT2D eigenvalue weighted by molar-refractivity contribution is -0.384. The number of nitrogens with zero attached hydrogens (tertiary/aromatic N) is 1. The number of hydrogen-bond donors (Lipinski definition) is 2. The van der Waals surface area contributed by atoms with Gasteiger partial charge in [0.15, 0.2) is 5.11 Å².